The van der Waals surface area contributed by atoms with Crippen LogP contribution in [0.1, 0.15) is 31.9 Å². The molecule has 122 valence electrons. The van der Waals surface area contributed by atoms with Crippen LogP contribution in [0.25, 0.3) is 0 Å². The Morgan fingerprint density at radius 3 is 2.55 bits per heavy atom. The monoisotopic (exact) mass is 323 g/mol. The number of ether oxygens (including phenoxy) is 1. The van der Waals surface area contributed by atoms with E-state index in [1.807, 2.05) is 19.1 Å². The highest BCUT2D eigenvalue weighted by Crippen LogP contribution is 2.19. The predicted molar refractivity (Wildman–Crippen MR) is 95.7 cm³/mol. The molecular weight excluding hydrogens is 296 g/mol. The van der Waals surface area contributed by atoms with Gasteiger partial charge in [-0.2, -0.15) is 5.10 Å². The highest BCUT2D eigenvalue weighted by molar-refractivity contribution is 7.80. The van der Waals surface area contributed by atoms with Crippen molar-refractivity contribution >= 4 is 23.0 Å². The zero-order chi connectivity index (χ0) is 16.5. The Morgan fingerprint density at radius 1 is 1.32 bits per heavy atom. The largest absolute Gasteiger partial charge is 0.496 e. The third-order valence-corrected chi connectivity index (χ3v) is 3.99. The number of benzene rings is 1. The van der Waals surface area contributed by atoms with E-state index in [1.165, 1.54) is 10.5 Å². The van der Waals surface area contributed by atoms with Gasteiger partial charge in [-0.1, -0.05) is 0 Å². The van der Waals surface area contributed by atoms with Crippen LogP contribution in [0.2, 0.25) is 0 Å². The minimum absolute atomic E-state index is 0.501. The summed E-state index contributed by atoms with van der Waals surface area (Å²) in [7, 11) is 3.47. The van der Waals surface area contributed by atoms with Crippen LogP contribution in [0.5, 0.6) is 5.75 Å². The smallest absolute Gasteiger partial charge is 0.186 e. The lowest BCUT2D eigenvalue weighted by atomic mass is 10.1. The van der Waals surface area contributed by atoms with Crippen molar-refractivity contribution in [2.45, 2.75) is 27.3 Å². The summed E-state index contributed by atoms with van der Waals surface area (Å²) >= 11 is 5.02. The Kier molecular flexibility index (Phi) is 7.84. The zero-order valence-electron chi connectivity index (χ0n) is 14.1. The van der Waals surface area contributed by atoms with Crippen molar-refractivity contribution < 1.29 is 9.64 Å². The number of nitrogens with one attached hydrogen (secondary N) is 3. The van der Waals surface area contributed by atoms with Gasteiger partial charge in [0.15, 0.2) is 5.11 Å². The summed E-state index contributed by atoms with van der Waals surface area (Å²) in [6.07, 6.45) is 0. The third kappa shape index (κ3) is 5.27. The maximum atomic E-state index is 5.49. The third-order valence-electron chi connectivity index (χ3n) is 3.69. The van der Waals surface area contributed by atoms with E-state index in [9.17, 15) is 0 Å². The van der Waals surface area contributed by atoms with Gasteiger partial charge in [0.2, 0.25) is 0 Å². The highest BCUT2D eigenvalue weighted by Gasteiger charge is 2.12. The van der Waals surface area contributed by atoms with Crippen molar-refractivity contribution in [1.29, 1.82) is 0 Å². The van der Waals surface area contributed by atoms with Gasteiger partial charge in [0, 0.05) is 12.6 Å². The SMILES string of the molecule is CC[NH+](CC)Cc1cc(/C(C)=N\NC(=S)NC)ccc1OC. The van der Waals surface area contributed by atoms with Crippen LogP contribution in [0, 0.1) is 0 Å². The lowest BCUT2D eigenvalue weighted by Gasteiger charge is -2.18. The number of thiocarbonyl (C=S) groups is 1. The van der Waals surface area contributed by atoms with E-state index < -0.39 is 0 Å². The number of rotatable bonds is 7. The maximum absolute atomic E-state index is 5.49. The Bertz CT molecular complexity index is 527. The Hall–Kier alpha value is -1.66. The minimum atomic E-state index is 0.501. The molecule has 3 N–H and O–H groups in total. The van der Waals surface area contributed by atoms with Crippen molar-refractivity contribution in [3.8, 4) is 5.75 Å². The van der Waals surface area contributed by atoms with Gasteiger partial charge in [0.25, 0.3) is 0 Å². The summed E-state index contributed by atoms with van der Waals surface area (Å²) < 4.78 is 5.49. The Balaban J connectivity index is 3.00. The molecule has 0 saturated heterocycles. The molecule has 0 atom stereocenters. The minimum Gasteiger partial charge on any atom is -0.496 e. The maximum Gasteiger partial charge on any atom is 0.186 e. The first kappa shape index (κ1) is 18.4. The summed E-state index contributed by atoms with van der Waals surface area (Å²) in [5.41, 5.74) is 5.96. The molecule has 0 radical (unpaired) electrons. The normalized spacial score (nSPS) is 11.5. The molecule has 6 heteroatoms. The number of hydrogen-bond acceptors (Lipinski definition) is 3. The van der Waals surface area contributed by atoms with E-state index >= 15 is 0 Å². The molecule has 0 amide bonds. The fourth-order valence-electron chi connectivity index (χ4n) is 2.17. The summed E-state index contributed by atoms with van der Waals surface area (Å²) in [6.45, 7) is 9.49. The summed E-state index contributed by atoms with van der Waals surface area (Å²) in [5.74, 6) is 0.926. The Morgan fingerprint density at radius 2 is 2.00 bits per heavy atom. The average Bonchev–Trinajstić information content (AvgIpc) is 2.56. The second-order valence-electron chi connectivity index (χ2n) is 5.05. The van der Waals surface area contributed by atoms with Gasteiger partial charge in [0.05, 0.1) is 25.9 Å². The molecule has 0 aliphatic heterocycles. The van der Waals surface area contributed by atoms with Crippen molar-refractivity contribution in [3.05, 3.63) is 29.3 Å². The molecule has 1 rings (SSSR count). The molecule has 5 nitrogen and oxygen atoms in total. The number of hydrazone groups is 1. The van der Waals surface area contributed by atoms with E-state index in [4.69, 9.17) is 17.0 Å². The second kappa shape index (κ2) is 9.38. The topological polar surface area (TPSA) is 50.1 Å². The molecule has 0 fully saturated rings. The lowest BCUT2D eigenvalue weighted by Crippen LogP contribution is -3.10. The highest BCUT2D eigenvalue weighted by atomic mass is 32.1. The van der Waals surface area contributed by atoms with Gasteiger partial charge < -0.3 is 15.0 Å². The first-order valence-corrected chi connectivity index (χ1v) is 7.99. The average molecular weight is 323 g/mol. The molecule has 1 aromatic rings. The summed E-state index contributed by atoms with van der Waals surface area (Å²) in [6, 6.07) is 6.17. The predicted octanol–water partition coefficient (Wildman–Crippen LogP) is 0.938. The van der Waals surface area contributed by atoms with Crippen LogP contribution in [0.3, 0.4) is 0 Å². The van der Waals surface area contributed by atoms with Crippen LogP contribution >= 0.6 is 12.2 Å². The molecule has 22 heavy (non-hydrogen) atoms. The van der Waals surface area contributed by atoms with Crippen LogP contribution < -0.4 is 20.4 Å². The first-order valence-electron chi connectivity index (χ1n) is 7.58. The van der Waals surface area contributed by atoms with E-state index in [0.29, 0.717) is 5.11 Å². The van der Waals surface area contributed by atoms with E-state index in [0.717, 1.165) is 36.7 Å². The summed E-state index contributed by atoms with van der Waals surface area (Å²) in [4.78, 5) is 1.51. The van der Waals surface area contributed by atoms with Crippen molar-refractivity contribution in [2.24, 2.45) is 5.10 Å². The second-order valence-corrected chi connectivity index (χ2v) is 5.46. The number of quaternary nitrogens is 1. The van der Waals surface area contributed by atoms with Crippen molar-refractivity contribution in [1.82, 2.24) is 10.7 Å². The van der Waals surface area contributed by atoms with Gasteiger partial charge >= 0.3 is 0 Å². The number of nitrogens with zero attached hydrogens (tertiary/aromatic N) is 1. The van der Waals surface area contributed by atoms with Crippen LogP contribution in [-0.4, -0.2) is 38.1 Å². The van der Waals surface area contributed by atoms with Gasteiger partial charge in [-0.25, -0.2) is 0 Å². The summed E-state index contributed by atoms with van der Waals surface area (Å²) in [5, 5.41) is 7.63. The van der Waals surface area contributed by atoms with Gasteiger partial charge in [-0.05, 0) is 56.8 Å². The number of methoxy groups -OCH3 is 1. The van der Waals surface area contributed by atoms with Crippen LogP contribution in [0.15, 0.2) is 23.3 Å². The molecule has 0 saturated carbocycles. The number of hydrogen-bond donors (Lipinski definition) is 3. The van der Waals surface area contributed by atoms with Gasteiger partial charge in [-0.3, -0.25) is 5.43 Å². The van der Waals surface area contributed by atoms with Crippen LogP contribution in [0.4, 0.5) is 0 Å². The molecule has 0 aliphatic rings. The quantitative estimate of drug-likeness (QED) is 0.397. The molecule has 0 aromatic heterocycles. The zero-order valence-corrected chi connectivity index (χ0v) is 14.9. The van der Waals surface area contributed by atoms with E-state index in [1.54, 1.807) is 14.2 Å². The van der Waals surface area contributed by atoms with Crippen molar-refractivity contribution in [3.63, 3.8) is 0 Å². The molecule has 0 aliphatic carbocycles. The molecular formula is C16H27N4OS+. The van der Waals surface area contributed by atoms with Gasteiger partial charge in [0.1, 0.15) is 12.3 Å². The molecule has 1 aromatic carbocycles. The fourth-order valence-corrected chi connectivity index (χ4v) is 2.21. The fraction of sp³-hybridized carbons (Fsp3) is 0.500. The first-order chi connectivity index (χ1) is 10.5. The van der Waals surface area contributed by atoms with Crippen molar-refractivity contribution in [2.75, 3.05) is 27.2 Å². The standard InChI is InChI=1S/C16H26N4OS/c1-6-20(7-2)11-14-10-13(8-9-15(14)21-5)12(3)18-19-16(22)17-4/h8-10H,6-7,11H2,1-5H3,(H2,17,19,22)/p+1/b18-12-. The molecule has 0 spiro atoms. The lowest BCUT2D eigenvalue weighted by molar-refractivity contribution is -0.910. The van der Waals surface area contributed by atoms with Gasteiger partial charge in [-0.15, -0.1) is 0 Å². The molecule has 0 bridgehead atoms. The van der Waals surface area contributed by atoms with E-state index in [2.05, 4.69) is 35.8 Å². The molecule has 0 unspecified atom stereocenters. The van der Waals surface area contributed by atoms with E-state index in [-0.39, 0.29) is 0 Å². The Labute approximate surface area is 138 Å². The molecule has 0 heterocycles. The van der Waals surface area contributed by atoms with Crippen LogP contribution in [-0.2, 0) is 6.54 Å².